The first-order valence-electron chi connectivity index (χ1n) is 7.37. The Kier molecular flexibility index (Phi) is 6.04. The highest BCUT2D eigenvalue weighted by molar-refractivity contribution is 7.89. The summed E-state index contributed by atoms with van der Waals surface area (Å²) in [6, 6.07) is 7.14. The van der Waals surface area contributed by atoms with Crippen molar-refractivity contribution in [1.82, 2.24) is 9.71 Å². The number of hydrogen-bond acceptors (Lipinski definition) is 4. The topological polar surface area (TPSA) is 88.3 Å². The Morgan fingerprint density at radius 1 is 1.25 bits per heavy atom. The van der Waals surface area contributed by atoms with Crippen LogP contribution in [-0.4, -0.2) is 20.0 Å². The molecule has 1 heterocycles. The quantitative estimate of drug-likeness (QED) is 0.783. The summed E-state index contributed by atoms with van der Waals surface area (Å²) in [5.74, 6) is 0.517. The second-order valence-electron chi connectivity index (χ2n) is 5.67. The van der Waals surface area contributed by atoms with Gasteiger partial charge in [0.25, 0.3) is 0 Å². The van der Waals surface area contributed by atoms with Crippen LogP contribution in [0.15, 0.2) is 46.2 Å². The molecule has 0 aliphatic rings. The fourth-order valence-electron chi connectivity index (χ4n) is 1.84. The third-order valence-electron chi connectivity index (χ3n) is 3.09. The van der Waals surface area contributed by atoms with E-state index in [1.807, 2.05) is 13.8 Å². The number of pyridine rings is 1. The maximum Gasteiger partial charge on any atom is 0.240 e. The van der Waals surface area contributed by atoms with Crippen molar-refractivity contribution in [2.45, 2.75) is 25.3 Å². The van der Waals surface area contributed by atoms with E-state index in [4.69, 9.17) is 16.3 Å². The third kappa shape index (κ3) is 5.09. The van der Waals surface area contributed by atoms with E-state index in [0.29, 0.717) is 23.2 Å². The van der Waals surface area contributed by atoms with Gasteiger partial charge >= 0.3 is 0 Å². The average Bonchev–Trinajstić information content (AvgIpc) is 2.52. The molecule has 24 heavy (non-hydrogen) atoms. The van der Waals surface area contributed by atoms with Crippen LogP contribution in [0, 0.1) is 5.92 Å². The number of halogens is 1. The Hall–Kier alpha value is -1.83. The van der Waals surface area contributed by atoms with Crippen molar-refractivity contribution in [3.8, 4) is 5.75 Å². The fourth-order valence-corrected chi connectivity index (χ4v) is 2.97. The Bertz CT molecular complexity index is 845. The molecule has 2 aromatic rings. The second-order valence-corrected chi connectivity index (χ2v) is 7.87. The van der Waals surface area contributed by atoms with Crippen LogP contribution in [0.4, 0.5) is 0 Å². The highest BCUT2D eigenvalue weighted by Gasteiger charge is 2.14. The molecule has 0 aliphatic heterocycles. The predicted octanol–water partition coefficient (Wildman–Crippen LogP) is 2.54. The summed E-state index contributed by atoms with van der Waals surface area (Å²) < 4.78 is 32.2. The molecule has 0 bridgehead atoms. The van der Waals surface area contributed by atoms with Gasteiger partial charge in [-0.05, 0) is 30.2 Å². The Balaban J connectivity index is 2.05. The number of ether oxygens (including phenoxy) is 1. The minimum absolute atomic E-state index is 0.0370. The zero-order chi connectivity index (χ0) is 17.7. The minimum Gasteiger partial charge on any atom is -0.488 e. The molecule has 6 nitrogen and oxygen atoms in total. The summed E-state index contributed by atoms with van der Waals surface area (Å²) >= 11 is 5.75. The van der Waals surface area contributed by atoms with E-state index in [-0.39, 0.29) is 22.6 Å². The van der Waals surface area contributed by atoms with Gasteiger partial charge in [0.2, 0.25) is 15.5 Å². The molecule has 0 spiro atoms. The van der Waals surface area contributed by atoms with Crippen molar-refractivity contribution in [1.29, 1.82) is 0 Å². The van der Waals surface area contributed by atoms with Crippen molar-refractivity contribution in [3.63, 3.8) is 0 Å². The van der Waals surface area contributed by atoms with Crippen LogP contribution in [0.3, 0.4) is 0 Å². The molecule has 8 heteroatoms. The molecule has 2 rings (SSSR count). The van der Waals surface area contributed by atoms with Gasteiger partial charge in [0.1, 0.15) is 0 Å². The number of sulfonamides is 1. The monoisotopic (exact) mass is 370 g/mol. The van der Waals surface area contributed by atoms with Gasteiger partial charge in [0, 0.05) is 23.0 Å². The van der Waals surface area contributed by atoms with E-state index < -0.39 is 10.0 Å². The van der Waals surface area contributed by atoms with Gasteiger partial charge in [0.05, 0.1) is 18.0 Å². The van der Waals surface area contributed by atoms with E-state index in [0.717, 1.165) is 0 Å². The lowest BCUT2D eigenvalue weighted by Gasteiger charge is -2.10. The molecule has 0 unspecified atom stereocenters. The minimum atomic E-state index is -3.68. The highest BCUT2D eigenvalue weighted by Crippen LogP contribution is 2.14. The molecule has 0 saturated heterocycles. The van der Waals surface area contributed by atoms with Crippen LogP contribution in [0.2, 0.25) is 5.02 Å². The molecule has 0 saturated carbocycles. The Morgan fingerprint density at radius 3 is 2.50 bits per heavy atom. The normalized spacial score (nSPS) is 11.7. The van der Waals surface area contributed by atoms with Gasteiger partial charge in [-0.2, -0.15) is 0 Å². The summed E-state index contributed by atoms with van der Waals surface area (Å²) in [7, 11) is -3.68. The van der Waals surface area contributed by atoms with E-state index in [1.54, 1.807) is 0 Å². The summed E-state index contributed by atoms with van der Waals surface area (Å²) in [6.45, 7) is 4.36. The maximum absolute atomic E-state index is 12.2. The molecule has 0 amide bonds. The zero-order valence-electron chi connectivity index (χ0n) is 13.4. The lowest BCUT2D eigenvalue weighted by molar-refractivity contribution is 0.267. The zero-order valence-corrected chi connectivity index (χ0v) is 14.9. The van der Waals surface area contributed by atoms with Gasteiger partial charge in [-0.15, -0.1) is 0 Å². The summed E-state index contributed by atoms with van der Waals surface area (Å²) in [6.07, 6.45) is 1.44. The largest absolute Gasteiger partial charge is 0.488 e. The molecule has 0 aliphatic carbocycles. The molecule has 0 fully saturated rings. The first kappa shape index (κ1) is 18.5. The van der Waals surface area contributed by atoms with E-state index in [1.165, 1.54) is 36.5 Å². The lowest BCUT2D eigenvalue weighted by Crippen LogP contribution is -2.24. The lowest BCUT2D eigenvalue weighted by atomic mass is 10.2. The Morgan fingerprint density at radius 2 is 1.92 bits per heavy atom. The molecule has 1 aromatic carbocycles. The number of aromatic amines is 1. The summed E-state index contributed by atoms with van der Waals surface area (Å²) in [5, 5.41) is 0.454. The summed E-state index contributed by atoms with van der Waals surface area (Å²) in [5.41, 5.74) is 0.143. The van der Waals surface area contributed by atoms with Crippen LogP contribution in [0.5, 0.6) is 5.75 Å². The van der Waals surface area contributed by atoms with Crippen LogP contribution < -0.4 is 14.9 Å². The maximum atomic E-state index is 12.2. The number of benzene rings is 1. The highest BCUT2D eigenvalue weighted by atomic mass is 35.5. The first-order valence-corrected chi connectivity index (χ1v) is 9.23. The number of nitrogens with one attached hydrogen (secondary N) is 2. The molecular formula is C16H19ClN2O4S. The SMILES string of the molecule is CC(C)COc1c[nH]c(CNS(=O)(=O)c2ccc(Cl)cc2)cc1=O. The van der Waals surface area contributed by atoms with E-state index in [9.17, 15) is 13.2 Å². The summed E-state index contributed by atoms with van der Waals surface area (Å²) in [4.78, 5) is 14.9. The smallest absolute Gasteiger partial charge is 0.240 e. The fraction of sp³-hybridized carbons (Fsp3) is 0.312. The predicted molar refractivity (Wildman–Crippen MR) is 92.9 cm³/mol. The van der Waals surface area contributed by atoms with Crippen molar-refractivity contribution in [2.24, 2.45) is 5.92 Å². The number of rotatable bonds is 7. The van der Waals surface area contributed by atoms with Gasteiger partial charge in [-0.1, -0.05) is 25.4 Å². The molecule has 0 radical (unpaired) electrons. The first-order chi connectivity index (χ1) is 11.3. The van der Waals surface area contributed by atoms with Crippen molar-refractivity contribution >= 4 is 21.6 Å². The number of aromatic nitrogens is 1. The molecular weight excluding hydrogens is 352 g/mol. The van der Waals surface area contributed by atoms with Crippen molar-refractivity contribution in [2.75, 3.05) is 6.61 Å². The molecule has 2 N–H and O–H groups in total. The van der Waals surface area contributed by atoms with Crippen LogP contribution in [0.1, 0.15) is 19.5 Å². The standard InChI is InChI=1S/C16H19ClN2O4S/c1-11(2)10-23-16-9-18-13(7-15(16)20)8-19-24(21,22)14-5-3-12(17)4-6-14/h3-7,9,11,19H,8,10H2,1-2H3,(H,18,20). The van der Waals surface area contributed by atoms with Gasteiger partial charge < -0.3 is 9.72 Å². The van der Waals surface area contributed by atoms with Crippen LogP contribution >= 0.6 is 11.6 Å². The van der Waals surface area contributed by atoms with Gasteiger partial charge in [-0.25, -0.2) is 13.1 Å². The molecule has 130 valence electrons. The second kappa shape index (κ2) is 7.83. The Labute approximate surface area is 145 Å². The van der Waals surface area contributed by atoms with Gasteiger partial charge in [0.15, 0.2) is 5.75 Å². The number of H-pyrrole nitrogens is 1. The van der Waals surface area contributed by atoms with Crippen LogP contribution in [0.25, 0.3) is 0 Å². The van der Waals surface area contributed by atoms with Crippen molar-refractivity contribution in [3.05, 3.63) is 57.5 Å². The molecule has 1 aromatic heterocycles. The van der Waals surface area contributed by atoms with E-state index in [2.05, 4.69) is 9.71 Å². The van der Waals surface area contributed by atoms with E-state index >= 15 is 0 Å². The van der Waals surface area contributed by atoms with Gasteiger partial charge in [-0.3, -0.25) is 4.79 Å². The number of hydrogen-bond donors (Lipinski definition) is 2. The molecule has 0 atom stereocenters. The average molecular weight is 371 g/mol. The third-order valence-corrected chi connectivity index (χ3v) is 4.75. The van der Waals surface area contributed by atoms with Crippen LogP contribution in [-0.2, 0) is 16.6 Å². The van der Waals surface area contributed by atoms with Crippen molar-refractivity contribution < 1.29 is 13.2 Å².